The number of amides is 2. The lowest BCUT2D eigenvalue weighted by atomic mass is 9.99. The highest BCUT2D eigenvalue weighted by atomic mass is 16.5. The van der Waals surface area contributed by atoms with Crippen LogP contribution < -0.4 is 10.1 Å². The van der Waals surface area contributed by atoms with Crippen LogP contribution >= 0.6 is 0 Å². The van der Waals surface area contributed by atoms with Gasteiger partial charge in [-0.1, -0.05) is 13.0 Å². The molecular formula is C24H35N3O4. The Hall–Kier alpha value is -2.12. The number of hydrogen-bond acceptors (Lipinski definition) is 5. The highest BCUT2D eigenvalue weighted by Crippen LogP contribution is 2.37. The summed E-state index contributed by atoms with van der Waals surface area (Å²) in [4.78, 5) is 29.9. The number of hydrogen-bond donors (Lipinski definition) is 2. The van der Waals surface area contributed by atoms with Crippen LogP contribution in [0.2, 0.25) is 0 Å². The highest BCUT2D eigenvalue weighted by Gasteiger charge is 2.36. The van der Waals surface area contributed by atoms with Crippen LogP contribution in [0.4, 0.5) is 5.69 Å². The molecule has 0 aromatic heterocycles. The first kappa shape index (κ1) is 22.1. The smallest absolute Gasteiger partial charge is 0.258 e. The quantitative estimate of drug-likeness (QED) is 0.664. The van der Waals surface area contributed by atoms with Crippen LogP contribution in [0, 0.1) is 17.8 Å². The van der Waals surface area contributed by atoms with E-state index in [9.17, 15) is 14.7 Å². The number of carbonyl (C=O) groups excluding carboxylic acids is 2. The number of ether oxygens (including phenoxy) is 1. The Labute approximate surface area is 184 Å². The maximum atomic E-state index is 13.4. The second-order valence-corrected chi connectivity index (χ2v) is 9.73. The molecule has 2 fully saturated rings. The molecule has 3 aliphatic rings. The molecule has 2 N–H and O–H groups in total. The largest absolute Gasteiger partial charge is 0.486 e. The number of likely N-dealkylation sites (N-methyl/N-ethyl adjacent to an activating group) is 1. The van der Waals surface area contributed by atoms with Crippen LogP contribution in [0.25, 0.3) is 0 Å². The predicted molar refractivity (Wildman–Crippen MR) is 119 cm³/mol. The van der Waals surface area contributed by atoms with Crippen molar-refractivity contribution in [3.8, 4) is 5.75 Å². The van der Waals surface area contributed by atoms with Gasteiger partial charge in [0.2, 0.25) is 5.91 Å². The van der Waals surface area contributed by atoms with E-state index in [2.05, 4.69) is 24.2 Å². The average Bonchev–Trinajstić information content (AvgIpc) is 3.64. The van der Waals surface area contributed by atoms with Gasteiger partial charge in [-0.3, -0.25) is 9.59 Å². The Balaban J connectivity index is 1.66. The van der Waals surface area contributed by atoms with Crippen molar-refractivity contribution in [2.24, 2.45) is 17.8 Å². The molecule has 1 heterocycles. The minimum absolute atomic E-state index is 0.0115. The third kappa shape index (κ3) is 5.21. The van der Waals surface area contributed by atoms with Gasteiger partial charge in [-0.05, 0) is 57.7 Å². The molecule has 7 nitrogen and oxygen atoms in total. The van der Waals surface area contributed by atoms with E-state index in [1.165, 1.54) is 12.8 Å². The lowest BCUT2D eigenvalue weighted by molar-refractivity contribution is -0.117. The number of rotatable bonds is 8. The summed E-state index contributed by atoms with van der Waals surface area (Å²) in [5, 5.41) is 12.8. The van der Waals surface area contributed by atoms with Gasteiger partial charge in [0.1, 0.15) is 6.10 Å². The number of para-hydroxylation sites is 1. The van der Waals surface area contributed by atoms with E-state index in [-0.39, 0.29) is 42.4 Å². The first-order valence-corrected chi connectivity index (χ1v) is 11.6. The van der Waals surface area contributed by atoms with Crippen molar-refractivity contribution in [2.75, 3.05) is 38.6 Å². The van der Waals surface area contributed by atoms with Crippen LogP contribution in [-0.4, -0.2) is 72.2 Å². The molecule has 170 valence electrons. The Morgan fingerprint density at radius 1 is 1.29 bits per heavy atom. The summed E-state index contributed by atoms with van der Waals surface area (Å²) in [5.41, 5.74) is 0.999. The van der Waals surface area contributed by atoms with Crippen molar-refractivity contribution in [2.45, 2.75) is 51.7 Å². The van der Waals surface area contributed by atoms with E-state index in [1.807, 2.05) is 13.0 Å². The zero-order valence-corrected chi connectivity index (χ0v) is 18.8. The summed E-state index contributed by atoms with van der Waals surface area (Å²) in [6, 6.07) is 5.05. The van der Waals surface area contributed by atoms with Gasteiger partial charge in [0.05, 0.1) is 23.9 Å². The van der Waals surface area contributed by atoms with Crippen LogP contribution in [0.5, 0.6) is 5.75 Å². The Morgan fingerprint density at radius 3 is 2.68 bits per heavy atom. The van der Waals surface area contributed by atoms with Gasteiger partial charge < -0.3 is 25.0 Å². The fourth-order valence-corrected chi connectivity index (χ4v) is 4.26. The summed E-state index contributed by atoms with van der Waals surface area (Å²) in [6.07, 6.45) is 4.27. The molecule has 0 bridgehead atoms. The van der Waals surface area contributed by atoms with E-state index in [1.54, 1.807) is 17.0 Å². The number of anilines is 1. The third-order valence-electron chi connectivity index (χ3n) is 6.66. The zero-order chi connectivity index (χ0) is 22.1. The lowest BCUT2D eigenvalue weighted by Crippen LogP contribution is -2.50. The summed E-state index contributed by atoms with van der Waals surface area (Å²) >= 11 is 0. The van der Waals surface area contributed by atoms with Crippen molar-refractivity contribution in [3.05, 3.63) is 23.8 Å². The molecule has 1 aromatic rings. The Morgan fingerprint density at radius 2 is 2.03 bits per heavy atom. The van der Waals surface area contributed by atoms with Crippen LogP contribution in [0.15, 0.2) is 18.2 Å². The van der Waals surface area contributed by atoms with Crippen molar-refractivity contribution in [3.63, 3.8) is 0 Å². The van der Waals surface area contributed by atoms with Crippen molar-refractivity contribution in [1.29, 1.82) is 0 Å². The van der Waals surface area contributed by atoms with E-state index < -0.39 is 0 Å². The molecule has 0 radical (unpaired) electrons. The molecule has 1 aromatic carbocycles. The van der Waals surface area contributed by atoms with Gasteiger partial charge in [0.15, 0.2) is 5.75 Å². The second-order valence-electron chi connectivity index (χ2n) is 9.73. The Bertz CT molecular complexity index is 821. The molecule has 4 rings (SSSR count). The Kier molecular flexibility index (Phi) is 6.53. The van der Waals surface area contributed by atoms with Crippen molar-refractivity contribution >= 4 is 17.5 Å². The van der Waals surface area contributed by atoms with Gasteiger partial charge in [0, 0.05) is 31.5 Å². The SMILES string of the molecule is C[C@H](CO)N1C[C@H](C)[C@@H](CN(C)CC2CC2)Oc2c(NC(=O)C3CC3)cccc2C1=O. The minimum atomic E-state index is -0.296. The van der Waals surface area contributed by atoms with Gasteiger partial charge >= 0.3 is 0 Å². The number of nitrogens with zero attached hydrogens (tertiary/aromatic N) is 2. The fraction of sp³-hybridized carbons (Fsp3) is 0.667. The first-order valence-electron chi connectivity index (χ1n) is 11.6. The fourth-order valence-electron chi connectivity index (χ4n) is 4.26. The molecule has 2 saturated carbocycles. The highest BCUT2D eigenvalue weighted by molar-refractivity contribution is 6.02. The van der Waals surface area contributed by atoms with Gasteiger partial charge in [-0.2, -0.15) is 0 Å². The number of nitrogens with one attached hydrogen (secondary N) is 1. The maximum Gasteiger partial charge on any atom is 0.258 e. The number of benzene rings is 1. The maximum absolute atomic E-state index is 13.4. The number of aliphatic hydroxyl groups is 1. The average molecular weight is 430 g/mol. The lowest BCUT2D eigenvalue weighted by Gasteiger charge is -2.38. The third-order valence-corrected chi connectivity index (χ3v) is 6.66. The van der Waals surface area contributed by atoms with E-state index >= 15 is 0 Å². The predicted octanol–water partition coefficient (Wildman–Crippen LogP) is 2.60. The molecule has 31 heavy (non-hydrogen) atoms. The monoisotopic (exact) mass is 429 g/mol. The van der Waals surface area contributed by atoms with E-state index in [0.717, 1.165) is 31.8 Å². The van der Waals surface area contributed by atoms with Gasteiger partial charge in [-0.25, -0.2) is 0 Å². The summed E-state index contributed by atoms with van der Waals surface area (Å²) < 4.78 is 6.52. The normalized spacial score (nSPS) is 24.8. The molecule has 0 saturated heterocycles. The summed E-state index contributed by atoms with van der Waals surface area (Å²) in [5.74, 6) is 1.18. The number of fused-ring (bicyclic) bond motifs is 1. The zero-order valence-electron chi connectivity index (χ0n) is 18.8. The summed E-state index contributed by atoms with van der Waals surface area (Å²) in [7, 11) is 2.12. The van der Waals surface area contributed by atoms with E-state index in [0.29, 0.717) is 23.5 Å². The molecule has 7 heteroatoms. The second kappa shape index (κ2) is 9.17. The topological polar surface area (TPSA) is 82.1 Å². The van der Waals surface area contributed by atoms with E-state index in [4.69, 9.17) is 4.74 Å². The molecular weight excluding hydrogens is 394 g/mol. The molecule has 2 amide bonds. The molecule has 2 aliphatic carbocycles. The minimum Gasteiger partial charge on any atom is -0.486 e. The van der Waals surface area contributed by atoms with Crippen LogP contribution in [0.1, 0.15) is 49.9 Å². The standard InChI is InChI=1S/C24H35N3O4/c1-15-11-27(16(2)14-28)24(30)19-5-4-6-20(25-23(29)18-9-10-18)22(19)31-21(15)13-26(3)12-17-7-8-17/h4-6,15-18,21,28H,7-14H2,1-3H3,(H,25,29)/t15-,16+,21+/m0/s1. The first-order chi connectivity index (χ1) is 14.9. The van der Waals surface area contributed by atoms with Crippen LogP contribution in [0.3, 0.4) is 0 Å². The van der Waals surface area contributed by atoms with Crippen LogP contribution in [-0.2, 0) is 4.79 Å². The molecule has 3 atom stereocenters. The molecule has 0 unspecified atom stereocenters. The molecule has 1 aliphatic heterocycles. The molecule has 0 spiro atoms. The van der Waals surface area contributed by atoms with Gasteiger partial charge in [0.25, 0.3) is 5.91 Å². The van der Waals surface area contributed by atoms with Gasteiger partial charge in [-0.15, -0.1) is 0 Å². The van der Waals surface area contributed by atoms with Crippen molar-refractivity contribution < 1.29 is 19.4 Å². The number of carbonyl (C=O) groups is 2. The number of aliphatic hydroxyl groups excluding tert-OH is 1. The summed E-state index contributed by atoms with van der Waals surface area (Å²) in [6.45, 7) is 6.17. The van der Waals surface area contributed by atoms with Crippen molar-refractivity contribution in [1.82, 2.24) is 9.80 Å².